The molecule has 0 aliphatic heterocycles. The maximum Gasteiger partial charge on any atom is 0.128 e. The van der Waals surface area contributed by atoms with E-state index >= 15 is 0 Å². The van der Waals surface area contributed by atoms with Crippen molar-refractivity contribution in [2.24, 2.45) is 0 Å². The summed E-state index contributed by atoms with van der Waals surface area (Å²) in [6, 6.07) is 16.7. The number of hydrogen-bond donors (Lipinski definition) is 3. The van der Waals surface area contributed by atoms with Gasteiger partial charge in [-0.05, 0) is 128 Å². The average molecular weight is 684 g/mol. The third-order valence-corrected chi connectivity index (χ3v) is 7.17. The zero-order chi connectivity index (χ0) is 19.1. The fraction of sp³-hybridized carbons (Fsp3) is 0.100. The molecular formula is C20H15I3O3. The lowest BCUT2D eigenvalue weighted by molar-refractivity contribution is 0.470. The fourth-order valence-corrected chi connectivity index (χ4v) is 4.50. The van der Waals surface area contributed by atoms with Crippen LogP contribution in [-0.4, -0.2) is 15.3 Å². The Kier molecular flexibility index (Phi) is 5.92. The van der Waals surface area contributed by atoms with E-state index in [1.807, 2.05) is 36.4 Å². The van der Waals surface area contributed by atoms with Gasteiger partial charge in [0.25, 0.3) is 0 Å². The van der Waals surface area contributed by atoms with E-state index in [9.17, 15) is 15.3 Å². The van der Waals surface area contributed by atoms with Crippen molar-refractivity contribution in [2.75, 3.05) is 0 Å². The highest BCUT2D eigenvalue weighted by Gasteiger charge is 2.32. The lowest BCUT2D eigenvalue weighted by Gasteiger charge is -2.32. The van der Waals surface area contributed by atoms with Crippen molar-refractivity contribution in [3.63, 3.8) is 0 Å². The van der Waals surface area contributed by atoms with Crippen molar-refractivity contribution in [1.29, 1.82) is 0 Å². The maximum atomic E-state index is 9.94. The Morgan fingerprint density at radius 2 is 0.846 bits per heavy atom. The average Bonchev–Trinajstić information content (AvgIpc) is 2.61. The standard InChI is InChI=1S/C20H15I3O3/c1-20(11-2-5-17(24)14(21)8-11,12-3-6-18(25)15(22)9-12)13-4-7-19(26)16(23)10-13/h2-10,24-26H,1H3. The largest absolute Gasteiger partial charge is 0.507 e. The molecule has 0 aliphatic rings. The summed E-state index contributed by atoms with van der Waals surface area (Å²) in [4.78, 5) is 0. The summed E-state index contributed by atoms with van der Waals surface area (Å²) in [7, 11) is 0. The zero-order valence-corrected chi connectivity index (χ0v) is 20.1. The quantitative estimate of drug-likeness (QED) is 0.236. The van der Waals surface area contributed by atoms with Crippen molar-refractivity contribution in [2.45, 2.75) is 12.3 Å². The molecule has 0 aromatic heterocycles. The van der Waals surface area contributed by atoms with Crippen molar-refractivity contribution in [3.8, 4) is 17.2 Å². The Morgan fingerprint density at radius 3 is 1.08 bits per heavy atom. The number of hydrogen-bond acceptors (Lipinski definition) is 3. The Hall–Kier alpha value is -0.750. The minimum absolute atomic E-state index is 0.247. The Balaban J connectivity index is 2.31. The van der Waals surface area contributed by atoms with Gasteiger partial charge in [-0.3, -0.25) is 0 Å². The number of phenols is 3. The third kappa shape index (κ3) is 3.64. The molecule has 6 heteroatoms. The van der Waals surface area contributed by atoms with Gasteiger partial charge in [-0.25, -0.2) is 0 Å². The number of benzene rings is 3. The number of phenolic OH excluding ortho intramolecular Hbond substituents is 3. The van der Waals surface area contributed by atoms with Crippen LogP contribution in [0.25, 0.3) is 0 Å². The molecule has 3 rings (SSSR count). The van der Waals surface area contributed by atoms with E-state index in [1.165, 1.54) is 0 Å². The molecule has 134 valence electrons. The van der Waals surface area contributed by atoms with E-state index in [0.717, 1.165) is 27.4 Å². The summed E-state index contributed by atoms with van der Waals surface area (Å²) in [6.07, 6.45) is 0. The molecule has 0 atom stereocenters. The third-order valence-electron chi connectivity index (χ3n) is 4.58. The SMILES string of the molecule is CC(c1ccc(O)c(I)c1)(c1ccc(O)c(I)c1)c1ccc(O)c(I)c1. The molecule has 0 heterocycles. The number of aromatic hydroxyl groups is 3. The zero-order valence-electron chi connectivity index (χ0n) is 13.7. The summed E-state index contributed by atoms with van der Waals surface area (Å²) in [5.74, 6) is 0.742. The second kappa shape index (κ2) is 7.70. The lowest BCUT2D eigenvalue weighted by Crippen LogP contribution is -2.25. The normalized spacial score (nSPS) is 11.5. The Bertz CT molecular complexity index is 861. The fourth-order valence-electron chi connectivity index (χ4n) is 2.95. The van der Waals surface area contributed by atoms with E-state index in [2.05, 4.69) is 74.7 Å². The summed E-state index contributed by atoms with van der Waals surface area (Å²) >= 11 is 6.36. The van der Waals surface area contributed by atoms with Gasteiger partial charge in [0.2, 0.25) is 0 Å². The first-order valence-electron chi connectivity index (χ1n) is 7.70. The molecule has 0 saturated carbocycles. The summed E-state index contributed by atoms with van der Waals surface area (Å²) < 4.78 is 2.31. The maximum absolute atomic E-state index is 9.94. The minimum atomic E-state index is -0.519. The molecule has 0 radical (unpaired) electrons. The topological polar surface area (TPSA) is 60.7 Å². The van der Waals surface area contributed by atoms with E-state index in [0.29, 0.717) is 0 Å². The minimum Gasteiger partial charge on any atom is -0.507 e. The first-order chi connectivity index (χ1) is 12.2. The molecule has 3 nitrogen and oxygen atoms in total. The van der Waals surface area contributed by atoms with Crippen LogP contribution in [-0.2, 0) is 5.41 Å². The lowest BCUT2D eigenvalue weighted by atomic mass is 9.71. The van der Waals surface area contributed by atoms with E-state index in [1.54, 1.807) is 18.2 Å². The van der Waals surface area contributed by atoms with Crippen LogP contribution in [0.4, 0.5) is 0 Å². The van der Waals surface area contributed by atoms with Gasteiger partial charge >= 0.3 is 0 Å². The molecule has 0 unspecified atom stereocenters. The van der Waals surface area contributed by atoms with Crippen LogP contribution < -0.4 is 0 Å². The molecule has 0 spiro atoms. The molecule has 3 N–H and O–H groups in total. The van der Waals surface area contributed by atoms with Gasteiger partial charge in [0.1, 0.15) is 17.2 Å². The number of rotatable bonds is 3. The predicted molar refractivity (Wildman–Crippen MR) is 128 cm³/mol. The first kappa shape index (κ1) is 20.0. The molecule has 0 fully saturated rings. The molecule has 0 bridgehead atoms. The molecular weight excluding hydrogens is 669 g/mol. The molecule has 0 aliphatic carbocycles. The first-order valence-corrected chi connectivity index (χ1v) is 10.9. The van der Waals surface area contributed by atoms with E-state index in [-0.39, 0.29) is 17.2 Å². The van der Waals surface area contributed by atoms with Gasteiger partial charge in [-0.2, -0.15) is 0 Å². The number of halogens is 3. The van der Waals surface area contributed by atoms with Crippen molar-refractivity contribution < 1.29 is 15.3 Å². The van der Waals surface area contributed by atoms with Gasteiger partial charge in [-0.15, -0.1) is 0 Å². The van der Waals surface area contributed by atoms with Crippen molar-refractivity contribution in [3.05, 3.63) is 82.0 Å². The highest BCUT2D eigenvalue weighted by atomic mass is 127. The van der Waals surface area contributed by atoms with Crippen LogP contribution in [0.3, 0.4) is 0 Å². The summed E-state index contributed by atoms with van der Waals surface area (Å²) in [5, 5.41) is 29.8. The molecule has 3 aromatic rings. The Morgan fingerprint density at radius 1 is 0.577 bits per heavy atom. The second-order valence-electron chi connectivity index (χ2n) is 6.12. The second-order valence-corrected chi connectivity index (χ2v) is 9.61. The predicted octanol–water partition coefficient (Wildman–Crippen LogP) is 5.97. The molecule has 0 saturated heterocycles. The monoisotopic (exact) mass is 684 g/mol. The van der Waals surface area contributed by atoms with Crippen molar-refractivity contribution in [1.82, 2.24) is 0 Å². The van der Waals surface area contributed by atoms with Crippen LogP contribution in [0.1, 0.15) is 23.6 Å². The Labute approximate surface area is 192 Å². The highest BCUT2D eigenvalue weighted by Crippen LogP contribution is 2.42. The van der Waals surface area contributed by atoms with Crippen LogP contribution in [0, 0.1) is 10.7 Å². The van der Waals surface area contributed by atoms with Gasteiger partial charge in [0.05, 0.1) is 10.7 Å². The van der Waals surface area contributed by atoms with Gasteiger partial charge < -0.3 is 15.3 Å². The summed E-state index contributed by atoms with van der Waals surface area (Å²) in [5.41, 5.74) is 2.53. The smallest absolute Gasteiger partial charge is 0.128 e. The summed E-state index contributed by atoms with van der Waals surface area (Å²) in [6.45, 7) is 2.11. The van der Waals surface area contributed by atoms with E-state index < -0.39 is 5.41 Å². The molecule has 0 amide bonds. The van der Waals surface area contributed by atoms with Gasteiger partial charge in [0, 0.05) is 5.41 Å². The highest BCUT2D eigenvalue weighted by molar-refractivity contribution is 14.1. The van der Waals surface area contributed by atoms with Crippen LogP contribution in [0.15, 0.2) is 54.6 Å². The van der Waals surface area contributed by atoms with E-state index in [4.69, 9.17) is 0 Å². The molecule has 3 aromatic carbocycles. The van der Waals surface area contributed by atoms with Gasteiger partial charge in [-0.1, -0.05) is 18.2 Å². The van der Waals surface area contributed by atoms with Gasteiger partial charge in [0.15, 0.2) is 0 Å². The molecule has 26 heavy (non-hydrogen) atoms. The van der Waals surface area contributed by atoms with Crippen LogP contribution in [0.2, 0.25) is 0 Å². The van der Waals surface area contributed by atoms with Crippen molar-refractivity contribution >= 4 is 67.8 Å². The van der Waals surface area contributed by atoms with Crippen LogP contribution in [0.5, 0.6) is 17.2 Å². The van der Waals surface area contributed by atoms with Crippen LogP contribution >= 0.6 is 67.8 Å².